The van der Waals surface area contributed by atoms with Crippen molar-refractivity contribution in [2.24, 2.45) is 0 Å². The molecule has 1 aromatic carbocycles. The van der Waals surface area contributed by atoms with Crippen molar-refractivity contribution in [3.63, 3.8) is 0 Å². The lowest BCUT2D eigenvalue weighted by Gasteiger charge is -2.02. The second kappa shape index (κ2) is 4.33. The van der Waals surface area contributed by atoms with Gasteiger partial charge < -0.3 is 9.84 Å². The van der Waals surface area contributed by atoms with E-state index >= 15 is 0 Å². The number of nitrogens with one attached hydrogen (secondary N) is 1. The van der Waals surface area contributed by atoms with Crippen molar-refractivity contribution in [3.05, 3.63) is 27.9 Å². The molecule has 0 saturated carbocycles. The average molecular weight is 269 g/mol. The second-order valence-electron chi connectivity index (χ2n) is 3.58. The maximum absolute atomic E-state index is 5.23. The highest BCUT2D eigenvalue weighted by Crippen LogP contribution is 2.28. The summed E-state index contributed by atoms with van der Waals surface area (Å²) in [5, 5.41) is 8.19. The number of rotatable bonds is 3. The van der Waals surface area contributed by atoms with E-state index in [4.69, 9.17) is 4.52 Å². The molecule has 3 nitrogen and oxygen atoms in total. The van der Waals surface area contributed by atoms with E-state index in [-0.39, 0.29) is 0 Å². The van der Waals surface area contributed by atoms with Crippen molar-refractivity contribution in [2.75, 3.05) is 13.6 Å². The molecule has 1 N–H and O–H groups in total. The fourth-order valence-corrected chi connectivity index (χ4v) is 2.17. The van der Waals surface area contributed by atoms with Crippen LogP contribution in [-0.4, -0.2) is 18.7 Å². The van der Waals surface area contributed by atoms with E-state index in [2.05, 4.69) is 38.5 Å². The summed E-state index contributed by atoms with van der Waals surface area (Å²) < 4.78 is 6.20. The molecule has 0 spiro atoms. The third-order valence-corrected chi connectivity index (χ3v) is 3.02. The smallest absolute Gasteiger partial charge is 0.181 e. The minimum absolute atomic E-state index is 0.834. The SMILES string of the molecule is CNCCc1cc(Br)c2onc(C)c2c1. The number of benzene rings is 1. The van der Waals surface area contributed by atoms with Crippen LogP contribution in [0.4, 0.5) is 0 Å². The summed E-state index contributed by atoms with van der Waals surface area (Å²) in [4.78, 5) is 0. The first kappa shape index (κ1) is 10.6. The van der Waals surface area contributed by atoms with E-state index in [0.29, 0.717) is 0 Å². The van der Waals surface area contributed by atoms with Gasteiger partial charge in [0.25, 0.3) is 0 Å². The van der Waals surface area contributed by atoms with Crippen LogP contribution in [-0.2, 0) is 6.42 Å². The van der Waals surface area contributed by atoms with Gasteiger partial charge in [-0.05, 0) is 60.6 Å². The van der Waals surface area contributed by atoms with Gasteiger partial charge in [-0.15, -0.1) is 0 Å². The van der Waals surface area contributed by atoms with Crippen LogP contribution in [0.25, 0.3) is 11.0 Å². The minimum Gasteiger partial charge on any atom is -0.355 e. The summed E-state index contributed by atoms with van der Waals surface area (Å²) in [6.07, 6.45) is 1.01. The lowest BCUT2D eigenvalue weighted by molar-refractivity contribution is 0.449. The Bertz CT molecular complexity index is 479. The first-order valence-corrected chi connectivity index (χ1v) is 5.70. The first-order valence-electron chi connectivity index (χ1n) is 4.91. The normalized spacial score (nSPS) is 11.1. The van der Waals surface area contributed by atoms with Crippen molar-refractivity contribution in [1.29, 1.82) is 0 Å². The Labute approximate surface area is 97.0 Å². The maximum Gasteiger partial charge on any atom is 0.181 e. The topological polar surface area (TPSA) is 38.1 Å². The number of hydrogen-bond donors (Lipinski definition) is 1. The van der Waals surface area contributed by atoms with E-state index in [0.717, 1.165) is 34.1 Å². The molecular formula is C11H13BrN2O. The number of likely N-dealkylation sites (N-methyl/N-ethyl adjacent to an activating group) is 1. The van der Waals surface area contributed by atoms with Crippen LogP contribution >= 0.6 is 15.9 Å². The highest BCUT2D eigenvalue weighted by atomic mass is 79.9. The van der Waals surface area contributed by atoms with Gasteiger partial charge in [-0.1, -0.05) is 5.16 Å². The van der Waals surface area contributed by atoms with Crippen LogP contribution in [0.15, 0.2) is 21.1 Å². The third-order valence-electron chi connectivity index (χ3n) is 2.43. The van der Waals surface area contributed by atoms with Crippen LogP contribution in [0, 0.1) is 6.92 Å². The molecule has 0 bridgehead atoms. The molecule has 15 heavy (non-hydrogen) atoms. The summed E-state index contributed by atoms with van der Waals surface area (Å²) in [7, 11) is 1.96. The molecular weight excluding hydrogens is 256 g/mol. The van der Waals surface area contributed by atoms with Crippen molar-refractivity contribution < 1.29 is 4.52 Å². The fourth-order valence-electron chi connectivity index (χ4n) is 1.59. The third kappa shape index (κ3) is 2.06. The van der Waals surface area contributed by atoms with Gasteiger partial charge in [0.1, 0.15) is 0 Å². The van der Waals surface area contributed by atoms with Crippen molar-refractivity contribution in [3.8, 4) is 0 Å². The molecule has 0 fully saturated rings. The molecule has 1 aromatic heterocycles. The molecule has 0 radical (unpaired) electrons. The Morgan fingerprint density at radius 3 is 3.00 bits per heavy atom. The highest BCUT2D eigenvalue weighted by Gasteiger charge is 2.09. The molecule has 2 rings (SSSR count). The molecule has 0 aliphatic rings. The van der Waals surface area contributed by atoms with Crippen LogP contribution in [0.1, 0.15) is 11.3 Å². The predicted octanol–water partition coefficient (Wildman–Crippen LogP) is 2.66. The summed E-state index contributed by atoms with van der Waals surface area (Å²) in [6, 6.07) is 4.23. The van der Waals surface area contributed by atoms with Crippen LogP contribution in [0.5, 0.6) is 0 Å². The Kier molecular flexibility index (Phi) is 3.07. The molecule has 0 unspecified atom stereocenters. The number of fused-ring (bicyclic) bond motifs is 1. The fraction of sp³-hybridized carbons (Fsp3) is 0.364. The van der Waals surface area contributed by atoms with Crippen molar-refractivity contribution in [2.45, 2.75) is 13.3 Å². The molecule has 0 aliphatic carbocycles. The number of aromatic nitrogens is 1. The van der Waals surface area contributed by atoms with Crippen LogP contribution in [0.3, 0.4) is 0 Å². The van der Waals surface area contributed by atoms with E-state index < -0.39 is 0 Å². The molecule has 80 valence electrons. The monoisotopic (exact) mass is 268 g/mol. The van der Waals surface area contributed by atoms with Crippen molar-refractivity contribution in [1.82, 2.24) is 10.5 Å². The average Bonchev–Trinajstić information content (AvgIpc) is 2.58. The Morgan fingerprint density at radius 1 is 1.47 bits per heavy atom. The predicted molar refractivity (Wildman–Crippen MR) is 64.1 cm³/mol. The summed E-state index contributed by atoms with van der Waals surface area (Å²) in [5.41, 5.74) is 3.06. The van der Waals surface area contributed by atoms with Gasteiger partial charge in [-0.25, -0.2) is 0 Å². The van der Waals surface area contributed by atoms with E-state index in [9.17, 15) is 0 Å². The molecule has 1 heterocycles. The Morgan fingerprint density at radius 2 is 2.27 bits per heavy atom. The number of nitrogens with zero attached hydrogens (tertiary/aromatic N) is 1. The molecule has 0 saturated heterocycles. The minimum atomic E-state index is 0.834. The van der Waals surface area contributed by atoms with Crippen LogP contribution in [0.2, 0.25) is 0 Å². The number of halogens is 1. The summed E-state index contributed by atoms with van der Waals surface area (Å²) >= 11 is 3.50. The highest BCUT2D eigenvalue weighted by molar-refractivity contribution is 9.10. The van der Waals surface area contributed by atoms with Gasteiger partial charge in [0.2, 0.25) is 0 Å². The van der Waals surface area contributed by atoms with E-state index in [1.54, 1.807) is 0 Å². The largest absolute Gasteiger partial charge is 0.355 e. The van der Waals surface area contributed by atoms with Gasteiger partial charge in [-0.2, -0.15) is 0 Å². The lowest BCUT2D eigenvalue weighted by atomic mass is 10.1. The Balaban J connectivity index is 2.45. The van der Waals surface area contributed by atoms with Crippen LogP contribution < -0.4 is 5.32 Å². The summed E-state index contributed by atoms with van der Waals surface area (Å²) in [5.74, 6) is 0. The van der Waals surface area contributed by atoms with Gasteiger partial charge in [0.05, 0.1) is 10.2 Å². The molecule has 2 aromatic rings. The Hall–Kier alpha value is -0.870. The first-order chi connectivity index (χ1) is 7.22. The van der Waals surface area contributed by atoms with E-state index in [1.807, 2.05) is 14.0 Å². The quantitative estimate of drug-likeness (QED) is 0.930. The number of hydrogen-bond acceptors (Lipinski definition) is 3. The van der Waals surface area contributed by atoms with Gasteiger partial charge in [-0.3, -0.25) is 0 Å². The van der Waals surface area contributed by atoms with Gasteiger partial charge in [0.15, 0.2) is 5.58 Å². The molecule has 0 amide bonds. The lowest BCUT2D eigenvalue weighted by Crippen LogP contribution is -2.10. The number of aryl methyl sites for hydroxylation is 1. The zero-order chi connectivity index (χ0) is 10.8. The standard InChI is InChI=1S/C11H13BrN2O/c1-7-9-5-8(3-4-13-2)6-10(12)11(9)15-14-7/h5-6,13H,3-4H2,1-2H3. The molecule has 0 aliphatic heterocycles. The van der Waals surface area contributed by atoms with E-state index in [1.165, 1.54) is 5.56 Å². The maximum atomic E-state index is 5.23. The molecule has 0 atom stereocenters. The zero-order valence-electron chi connectivity index (χ0n) is 8.80. The van der Waals surface area contributed by atoms with Gasteiger partial charge in [0, 0.05) is 5.39 Å². The second-order valence-corrected chi connectivity index (χ2v) is 4.43. The zero-order valence-corrected chi connectivity index (χ0v) is 10.4. The summed E-state index contributed by atoms with van der Waals surface area (Å²) in [6.45, 7) is 2.93. The molecule has 4 heteroatoms. The van der Waals surface area contributed by atoms with Gasteiger partial charge >= 0.3 is 0 Å². The van der Waals surface area contributed by atoms with Crippen molar-refractivity contribution >= 4 is 26.9 Å².